The van der Waals surface area contributed by atoms with Crippen LogP contribution in [0, 0.1) is 5.92 Å². The third-order valence-corrected chi connectivity index (χ3v) is 6.03. The van der Waals surface area contributed by atoms with E-state index in [0.29, 0.717) is 48.2 Å². The Labute approximate surface area is 180 Å². The minimum Gasteiger partial charge on any atom is -0.484 e. The third kappa shape index (κ3) is 3.50. The standard InChI is InChI=1S/C23H25N3O5/c1-23(2,29)19(13-6-7-13)26-12-14-4-3-5-16(17(14)22(26)28)25-20(27)15-8-9-24-21-18(15)30-10-11-31-21/h3-5,8-9,13,19,29H,6-7,10-12H2,1-2H3,(H,25,27)/t19-/m0/s1. The fraction of sp³-hybridized carbons (Fsp3) is 0.435. The zero-order valence-electron chi connectivity index (χ0n) is 17.6. The van der Waals surface area contributed by atoms with E-state index in [4.69, 9.17) is 9.47 Å². The van der Waals surface area contributed by atoms with E-state index >= 15 is 0 Å². The van der Waals surface area contributed by atoms with Crippen LogP contribution < -0.4 is 14.8 Å². The van der Waals surface area contributed by atoms with Gasteiger partial charge in [-0.25, -0.2) is 4.98 Å². The summed E-state index contributed by atoms with van der Waals surface area (Å²) in [6.07, 6.45) is 3.51. The second-order valence-corrected chi connectivity index (χ2v) is 8.85. The van der Waals surface area contributed by atoms with Gasteiger partial charge in [0.1, 0.15) is 13.2 Å². The van der Waals surface area contributed by atoms with Crippen molar-refractivity contribution in [3.05, 3.63) is 47.2 Å². The summed E-state index contributed by atoms with van der Waals surface area (Å²) >= 11 is 0. The Morgan fingerprint density at radius 2 is 2.03 bits per heavy atom. The van der Waals surface area contributed by atoms with E-state index in [1.54, 1.807) is 30.9 Å². The molecule has 2 aliphatic heterocycles. The summed E-state index contributed by atoms with van der Waals surface area (Å²) in [5.41, 5.74) is 1.06. The lowest BCUT2D eigenvalue weighted by molar-refractivity contribution is -0.0224. The van der Waals surface area contributed by atoms with E-state index in [1.165, 1.54) is 6.20 Å². The van der Waals surface area contributed by atoms with E-state index in [9.17, 15) is 14.7 Å². The van der Waals surface area contributed by atoms with Crippen LogP contribution in [-0.2, 0) is 6.54 Å². The quantitative estimate of drug-likeness (QED) is 0.767. The Morgan fingerprint density at radius 1 is 1.26 bits per heavy atom. The number of nitrogens with one attached hydrogen (secondary N) is 1. The zero-order chi connectivity index (χ0) is 21.8. The summed E-state index contributed by atoms with van der Waals surface area (Å²) < 4.78 is 11.1. The van der Waals surface area contributed by atoms with Crippen LogP contribution in [0.3, 0.4) is 0 Å². The summed E-state index contributed by atoms with van der Waals surface area (Å²) in [6.45, 7) is 4.65. The van der Waals surface area contributed by atoms with Gasteiger partial charge in [0, 0.05) is 12.7 Å². The van der Waals surface area contributed by atoms with Gasteiger partial charge in [0.25, 0.3) is 17.7 Å². The molecule has 1 aromatic heterocycles. The smallest absolute Gasteiger partial charge is 0.259 e. The van der Waals surface area contributed by atoms with Gasteiger partial charge in [0.15, 0.2) is 5.75 Å². The van der Waals surface area contributed by atoms with Crippen LogP contribution in [0.5, 0.6) is 11.6 Å². The largest absolute Gasteiger partial charge is 0.484 e. The van der Waals surface area contributed by atoms with Crippen molar-refractivity contribution in [2.45, 2.75) is 44.9 Å². The molecule has 1 aliphatic carbocycles. The summed E-state index contributed by atoms with van der Waals surface area (Å²) in [7, 11) is 0. The average Bonchev–Trinajstić information content (AvgIpc) is 3.50. The Morgan fingerprint density at radius 3 is 2.77 bits per heavy atom. The van der Waals surface area contributed by atoms with Crippen LogP contribution in [0.4, 0.5) is 5.69 Å². The van der Waals surface area contributed by atoms with Gasteiger partial charge < -0.3 is 24.8 Å². The molecule has 5 rings (SSSR count). The highest BCUT2D eigenvalue weighted by atomic mass is 16.6. The third-order valence-electron chi connectivity index (χ3n) is 6.03. The highest BCUT2D eigenvalue weighted by Gasteiger charge is 2.48. The van der Waals surface area contributed by atoms with Gasteiger partial charge >= 0.3 is 0 Å². The number of hydrogen-bond donors (Lipinski definition) is 2. The molecule has 0 bridgehead atoms. The maximum Gasteiger partial charge on any atom is 0.259 e. The number of anilines is 1. The number of hydrogen-bond acceptors (Lipinski definition) is 6. The number of carbonyl (C=O) groups excluding carboxylic acids is 2. The summed E-state index contributed by atoms with van der Waals surface area (Å²) in [5, 5.41) is 13.6. The van der Waals surface area contributed by atoms with Gasteiger partial charge in [-0.1, -0.05) is 12.1 Å². The molecule has 2 N–H and O–H groups in total. The van der Waals surface area contributed by atoms with Crippen molar-refractivity contribution in [2.75, 3.05) is 18.5 Å². The molecule has 1 aromatic carbocycles. The molecule has 1 atom stereocenters. The molecule has 2 aromatic rings. The number of rotatable bonds is 5. The Bertz CT molecular complexity index is 1060. The summed E-state index contributed by atoms with van der Waals surface area (Å²) in [4.78, 5) is 32.3. The number of carbonyl (C=O) groups is 2. The Hall–Kier alpha value is -3.13. The highest BCUT2D eigenvalue weighted by Crippen LogP contribution is 2.44. The predicted octanol–water partition coefficient (Wildman–Crippen LogP) is 2.61. The van der Waals surface area contributed by atoms with Crippen molar-refractivity contribution in [1.29, 1.82) is 0 Å². The van der Waals surface area contributed by atoms with E-state index in [-0.39, 0.29) is 17.8 Å². The monoisotopic (exact) mass is 423 g/mol. The van der Waals surface area contributed by atoms with Crippen molar-refractivity contribution in [1.82, 2.24) is 9.88 Å². The van der Waals surface area contributed by atoms with Crippen LogP contribution in [0.15, 0.2) is 30.5 Å². The van der Waals surface area contributed by atoms with Gasteiger partial charge in [0.2, 0.25) is 0 Å². The lowest BCUT2D eigenvalue weighted by Gasteiger charge is -2.37. The van der Waals surface area contributed by atoms with Gasteiger partial charge in [-0.15, -0.1) is 0 Å². The molecule has 1 saturated carbocycles. The van der Waals surface area contributed by atoms with Crippen molar-refractivity contribution >= 4 is 17.5 Å². The minimum atomic E-state index is -1.00. The molecule has 3 heterocycles. The van der Waals surface area contributed by atoms with Gasteiger partial charge in [-0.3, -0.25) is 9.59 Å². The molecule has 8 heteroatoms. The van der Waals surface area contributed by atoms with E-state index in [1.807, 2.05) is 12.1 Å². The molecular formula is C23H25N3O5. The van der Waals surface area contributed by atoms with Crippen LogP contribution in [-0.4, -0.2) is 51.7 Å². The number of amides is 2. The number of nitrogens with zero attached hydrogens (tertiary/aromatic N) is 2. The number of fused-ring (bicyclic) bond motifs is 2. The Kier molecular flexibility index (Phi) is 4.62. The van der Waals surface area contributed by atoms with Crippen LogP contribution in [0.25, 0.3) is 0 Å². The maximum atomic E-state index is 13.4. The fourth-order valence-electron chi connectivity index (χ4n) is 4.66. The predicted molar refractivity (Wildman–Crippen MR) is 112 cm³/mol. The molecule has 8 nitrogen and oxygen atoms in total. The lowest BCUT2D eigenvalue weighted by Crippen LogP contribution is -2.51. The van der Waals surface area contributed by atoms with Crippen molar-refractivity contribution < 1.29 is 24.2 Å². The molecular weight excluding hydrogens is 398 g/mol. The summed E-state index contributed by atoms with van der Waals surface area (Å²) in [6, 6.07) is 6.75. The van der Waals surface area contributed by atoms with E-state index in [2.05, 4.69) is 10.3 Å². The zero-order valence-corrected chi connectivity index (χ0v) is 17.6. The second kappa shape index (κ2) is 7.23. The molecule has 0 saturated heterocycles. The van der Waals surface area contributed by atoms with Gasteiger partial charge in [-0.05, 0) is 50.3 Å². The molecule has 0 spiro atoms. The minimum absolute atomic E-state index is 0.165. The lowest BCUT2D eigenvalue weighted by atomic mass is 9.93. The normalized spacial score (nSPS) is 18.5. The first kappa shape index (κ1) is 19.8. The molecule has 2 amide bonds. The van der Waals surface area contributed by atoms with E-state index < -0.39 is 11.5 Å². The first-order valence-corrected chi connectivity index (χ1v) is 10.6. The first-order valence-electron chi connectivity index (χ1n) is 10.6. The average molecular weight is 423 g/mol. The maximum absolute atomic E-state index is 13.4. The SMILES string of the molecule is CC(C)(O)[C@H](C1CC1)N1Cc2cccc(NC(=O)c3ccnc4c3OCCO4)c2C1=O. The molecule has 0 unspecified atom stereocenters. The Balaban J connectivity index is 1.44. The first-order chi connectivity index (χ1) is 14.8. The number of benzene rings is 1. The second-order valence-electron chi connectivity index (χ2n) is 8.85. The van der Waals surface area contributed by atoms with Crippen LogP contribution in [0.1, 0.15) is 53.0 Å². The number of ether oxygens (including phenoxy) is 2. The fourth-order valence-corrected chi connectivity index (χ4v) is 4.66. The van der Waals surface area contributed by atoms with Gasteiger partial charge in [-0.2, -0.15) is 0 Å². The topological polar surface area (TPSA) is 101 Å². The number of pyridine rings is 1. The van der Waals surface area contributed by atoms with E-state index in [0.717, 1.165) is 18.4 Å². The van der Waals surface area contributed by atoms with Gasteiger partial charge in [0.05, 0.1) is 28.5 Å². The van der Waals surface area contributed by atoms with Crippen molar-refractivity contribution in [3.8, 4) is 11.6 Å². The van der Waals surface area contributed by atoms with Crippen LogP contribution >= 0.6 is 0 Å². The molecule has 3 aliphatic rings. The molecule has 162 valence electrons. The van der Waals surface area contributed by atoms with Crippen molar-refractivity contribution in [3.63, 3.8) is 0 Å². The van der Waals surface area contributed by atoms with Crippen molar-refractivity contribution in [2.24, 2.45) is 5.92 Å². The van der Waals surface area contributed by atoms with Crippen LogP contribution in [0.2, 0.25) is 0 Å². The molecule has 1 fully saturated rings. The number of aliphatic hydroxyl groups is 1. The highest BCUT2D eigenvalue weighted by molar-refractivity contribution is 6.11. The number of aromatic nitrogens is 1. The molecule has 0 radical (unpaired) electrons. The molecule has 31 heavy (non-hydrogen) atoms. The summed E-state index contributed by atoms with van der Waals surface area (Å²) in [5.74, 6) is 0.336.